The summed E-state index contributed by atoms with van der Waals surface area (Å²) in [4.78, 5) is 33.3. The van der Waals surface area contributed by atoms with Gasteiger partial charge in [0.1, 0.15) is 16.5 Å². The summed E-state index contributed by atoms with van der Waals surface area (Å²) in [6.07, 6.45) is 5.14. The molecule has 7 heteroatoms. The van der Waals surface area contributed by atoms with Gasteiger partial charge in [0.05, 0.1) is 18.8 Å². The zero-order chi connectivity index (χ0) is 12.7. The quantitative estimate of drug-likeness (QED) is 0.841. The summed E-state index contributed by atoms with van der Waals surface area (Å²) in [6.45, 7) is 0. The fourth-order valence-electron chi connectivity index (χ4n) is 2.05. The third-order valence-corrected chi connectivity index (χ3v) is 3.45. The number of carbonyl (C=O) groups excluding carboxylic acids is 2. The van der Waals surface area contributed by atoms with E-state index in [2.05, 4.69) is 31.2 Å². The lowest BCUT2D eigenvalue weighted by atomic mass is 10.2. The highest BCUT2D eigenvalue weighted by atomic mass is 79.9. The normalized spacial score (nSPS) is 23.6. The lowest BCUT2D eigenvalue weighted by molar-refractivity contribution is -0.139. The Kier molecular flexibility index (Phi) is 2.77. The molecule has 2 aliphatic rings. The van der Waals surface area contributed by atoms with Crippen LogP contribution in [0.4, 0.5) is 5.82 Å². The Morgan fingerprint density at radius 1 is 1.28 bits per heavy atom. The van der Waals surface area contributed by atoms with Crippen LogP contribution in [-0.2, 0) is 9.59 Å². The van der Waals surface area contributed by atoms with E-state index in [9.17, 15) is 9.59 Å². The summed E-state index contributed by atoms with van der Waals surface area (Å²) in [5, 5.41) is 2.95. The third kappa shape index (κ3) is 2.10. The molecule has 6 nitrogen and oxygen atoms in total. The molecule has 1 saturated carbocycles. The van der Waals surface area contributed by atoms with E-state index < -0.39 is 6.04 Å². The van der Waals surface area contributed by atoms with Gasteiger partial charge in [-0.3, -0.25) is 14.5 Å². The molecule has 1 aliphatic carbocycles. The Hall–Kier alpha value is -1.50. The fraction of sp³-hybridized carbons (Fsp3) is 0.455. The topological polar surface area (TPSA) is 75.2 Å². The molecule has 0 radical (unpaired) electrons. The van der Waals surface area contributed by atoms with Crippen molar-refractivity contribution in [2.24, 2.45) is 0 Å². The van der Waals surface area contributed by atoms with Crippen LogP contribution in [0, 0.1) is 0 Å². The molecule has 0 bridgehead atoms. The second-order valence-electron chi connectivity index (χ2n) is 4.46. The maximum Gasteiger partial charge on any atom is 0.252 e. The molecule has 1 unspecified atom stereocenters. The number of carbonyl (C=O) groups is 2. The summed E-state index contributed by atoms with van der Waals surface area (Å²) in [5.41, 5.74) is 0. The van der Waals surface area contributed by atoms with Crippen LogP contribution in [-0.4, -0.2) is 38.8 Å². The molecule has 0 spiro atoms. The molecule has 2 amide bonds. The second kappa shape index (κ2) is 4.31. The summed E-state index contributed by atoms with van der Waals surface area (Å²) >= 11 is 3.19. The van der Waals surface area contributed by atoms with Gasteiger partial charge in [-0.05, 0) is 28.8 Å². The number of halogens is 1. The molecule has 1 N–H and O–H groups in total. The summed E-state index contributed by atoms with van der Waals surface area (Å²) in [6, 6.07) is -0.374. The third-order valence-electron chi connectivity index (χ3n) is 3.04. The van der Waals surface area contributed by atoms with E-state index in [1.807, 2.05) is 0 Å². The van der Waals surface area contributed by atoms with Gasteiger partial charge in [-0.25, -0.2) is 9.97 Å². The molecule has 1 aromatic heterocycles. The van der Waals surface area contributed by atoms with Crippen molar-refractivity contribution in [2.45, 2.75) is 31.3 Å². The highest BCUT2D eigenvalue weighted by Crippen LogP contribution is 2.32. The summed E-state index contributed by atoms with van der Waals surface area (Å²) in [5.74, 6) is 0.263. The largest absolute Gasteiger partial charge is 0.357 e. The van der Waals surface area contributed by atoms with Crippen LogP contribution in [0.1, 0.15) is 19.3 Å². The van der Waals surface area contributed by atoms with E-state index in [-0.39, 0.29) is 24.3 Å². The number of nitrogens with zero attached hydrogens (tertiary/aromatic N) is 3. The standard InChI is InChI=1S/C11H11BrN4O2/c12-8-4-14-9(5-13-8)15-7-3-10(17)16(11(7)18)6-1-2-6/h4-7H,1-3H2,(H,14,15). The number of likely N-dealkylation sites (tertiary alicyclic amines) is 1. The van der Waals surface area contributed by atoms with Crippen molar-refractivity contribution in [1.82, 2.24) is 14.9 Å². The zero-order valence-corrected chi connectivity index (χ0v) is 11.1. The molecule has 1 aromatic rings. The van der Waals surface area contributed by atoms with E-state index in [4.69, 9.17) is 0 Å². The van der Waals surface area contributed by atoms with Gasteiger partial charge in [0, 0.05) is 6.04 Å². The SMILES string of the molecule is O=C1CC(Nc2cnc(Br)cn2)C(=O)N1C1CC1. The van der Waals surface area contributed by atoms with Gasteiger partial charge in [0.25, 0.3) is 5.91 Å². The van der Waals surface area contributed by atoms with E-state index >= 15 is 0 Å². The van der Waals surface area contributed by atoms with Crippen molar-refractivity contribution in [1.29, 1.82) is 0 Å². The van der Waals surface area contributed by atoms with Crippen molar-refractivity contribution in [3.05, 3.63) is 17.0 Å². The van der Waals surface area contributed by atoms with Gasteiger partial charge in [-0.2, -0.15) is 0 Å². The number of hydrogen-bond acceptors (Lipinski definition) is 5. The van der Waals surface area contributed by atoms with Gasteiger partial charge in [0.2, 0.25) is 5.91 Å². The Morgan fingerprint density at radius 2 is 2.06 bits per heavy atom. The number of rotatable bonds is 3. The van der Waals surface area contributed by atoms with Crippen LogP contribution in [0.25, 0.3) is 0 Å². The van der Waals surface area contributed by atoms with Gasteiger partial charge >= 0.3 is 0 Å². The molecule has 1 atom stereocenters. The number of anilines is 1. The smallest absolute Gasteiger partial charge is 0.252 e. The molecular weight excluding hydrogens is 300 g/mol. The first-order valence-corrected chi connectivity index (χ1v) is 6.54. The molecular formula is C11H11BrN4O2. The number of imide groups is 1. The highest BCUT2D eigenvalue weighted by Gasteiger charge is 2.46. The lowest BCUT2D eigenvalue weighted by Crippen LogP contribution is -2.36. The minimum Gasteiger partial charge on any atom is -0.357 e. The number of amides is 2. The molecule has 3 rings (SSSR count). The average Bonchev–Trinajstić information content (AvgIpc) is 3.12. The molecule has 0 aromatic carbocycles. The highest BCUT2D eigenvalue weighted by molar-refractivity contribution is 9.10. The number of aromatic nitrogens is 2. The number of nitrogens with one attached hydrogen (secondary N) is 1. The predicted octanol–water partition coefficient (Wildman–Crippen LogP) is 0.941. The predicted molar refractivity (Wildman–Crippen MR) is 66.6 cm³/mol. The van der Waals surface area contributed by atoms with Crippen molar-refractivity contribution in [3.63, 3.8) is 0 Å². The van der Waals surface area contributed by atoms with E-state index in [1.54, 1.807) is 6.20 Å². The second-order valence-corrected chi connectivity index (χ2v) is 5.27. The first-order valence-electron chi connectivity index (χ1n) is 5.75. The van der Waals surface area contributed by atoms with Gasteiger partial charge in [-0.15, -0.1) is 0 Å². The first-order chi connectivity index (χ1) is 8.65. The zero-order valence-electron chi connectivity index (χ0n) is 9.47. The molecule has 2 fully saturated rings. The van der Waals surface area contributed by atoms with E-state index in [0.29, 0.717) is 10.4 Å². The molecule has 2 heterocycles. The molecule has 1 aliphatic heterocycles. The van der Waals surface area contributed by atoms with Gasteiger partial charge < -0.3 is 5.32 Å². The lowest BCUT2D eigenvalue weighted by Gasteiger charge is -2.14. The first kappa shape index (κ1) is 11.6. The summed E-state index contributed by atoms with van der Waals surface area (Å²) in [7, 11) is 0. The van der Waals surface area contributed by atoms with E-state index in [0.717, 1.165) is 12.8 Å². The number of hydrogen-bond donors (Lipinski definition) is 1. The Morgan fingerprint density at radius 3 is 2.67 bits per heavy atom. The minimum absolute atomic E-state index is 0.0925. The van der Waals surface area contributed by atoms with Crippen molar-refractivity contribution in [2.75, 3.05) is 5.32 Å². The molecule has 94 valence electrons. The Bertz CT molecular complexity index is 500. The van der Waals surface area contributed by atoms with Crippen LogP contribution < -0.4 is 5.32 Å². The van der Waals surface area contributed by atoms with Crippen molar-refractivity contribution < 1.29 is 9.59 Å². The molecule has 1 saturated heterocycles. The maximum atomic E-state index is 12.1. The van der Waals surface area contributed by atoms with Crippen molar-refractivity contribution >= 4 is 33.6 Å². The molecule has 18 heavy (non-hydrogen) atoms. The van der Waals surface area contributed by atoms with Crippen LogP contribution in [0.15, 0.2) is 17.0 Å². The van der Waals surface area contributed by atoms with Crippen molar-refractivity contribution in [3.8, 4) is 0 Å². The van der Waals surface area contributed by atoms with Gasteiger partial charge in [0.15, 0.2) is 0 Å². The fourth-order valence-corrected chi connectivity index (χ4v) is 2.25. The maximum absolute atomic E-state index is 12.1. The Labute approximate surface area is 112 Å². The van der Waals surface area contributed by atoms with Crippen LogP contribution >= 0.6 is 15.9 Å². The van der Waals surface area contributed by atoms with Gasteiger partial charge in [-0.1, -0.05) is 0 Å². The van der Waals surface area contributed by atoms with Crippen LogP contribution in [0.3, 0.4) is 0 Å². The van der Waals surface area contributed by atoms with Crippen LogP contribution in [0.2, 0.25) is 0 Å². The summed E-state index contributed by atoms with van der Waals surface area (Å²) < 4.78 is 0.626. The van der Waals surface area contributed by atoms with Crippen LogP contribution in [0.5, 0.6) is 0 Å². The Balaban J connectivity index is 1.72. The van der Waals surface area contributed by atoms with E-state index in [1.165, 1.54) is 11.1 Å². The average molecular weight is 311 g/mol. The minimum atomic E-state index is -0.506. The monoisotopic (exact) mass is 310 g/mol.